The summed E-state index contributed by atoms with van der Waals surface area (Å²) in [6.45, 7) is 4.10. The molecular weight excluding hydrogens is 422 g/mol. The van der Waals surface area contributed by atoms with Crippen molar-refractivity contribution in [1.82, 2.24) is 0 Å². The lowest BCUT2D eigenvalue weighted by molar-refractivity contribution is 0.312. The summed E-state index contributed by atoms with van der Waals surface area (Å²) in [7, 11) is 0. The van der Waals surface area contributed by atoms with E-state index in [0.29, 0.717) is 17.9 Å². The first-order chi connectivity index (χ1) is 16.5. The van der Waals surface area contributed by atoms with E-state index >= 15 is 0 Å². The summed E-state index contributed by atoms with van der Waals surface area (Å²) >= 11 is 0. The van der Waals surface area contributed by atoms with Gasteiger partial charge in [0.15, 0.2) is 0 Å². The van der Waals surface area contributed by atoms with Crippen LogP contribution in [-0.4, -0.2) is 0 Å². The third-order valence-corrected chi connectivity index (χ3v) is 7.56. The quantitative estimate of drug-likeness (QED) is 0.295. The summed E-state index contributed by atoms with van der Waals surface area (Å²) in [5.41, 5.74) is 4.08. The zero-order valence-corrected chi connectivity index (χ0v) is 20.4. The Morgan fingerprint density at radius 2 is 1.50 bits per heavy atom. The van der Waals surface area contributed by atoms with Crippen LogP contribution in [0.2, 0.25) is 0 Å². The summed E-state index contributed by atoms with van der Waals surface area (Å²) in [6.07, 6.45) is 12.3. The molecule has 0 aliphatic heterocycles. The van der Waals surface area contributed by atoms with Gasteiger partial charge in [-0.25, -0.2) is 8.78 Å². The maximum Gasteiger partial charge on any atom is 0.129 e. The normalized spacial score (nSPS) is 19.4. The van der Waals surface area contributed by atoms with Crippen LogP contribution in [0.5, 0.6) is 0 Å². The molecule has 0 nitrogen and oxygen atoms in total. The van der Waals surface area contributed by atoms with Crippen LogP contribution in [0.25, 0.3) is 11.1 Å². The van der Waals surface area contributed by atoms with E-state index in [0.717, 1.165) is 17.0 Å². The largest absolute Gasteiger partial charge is 0.207 e. The smallest absolute Gasteiger partial charge is 0.129 e. The van der Waals surface area contributed by atoms with E-state index in [1.165, 1.54) is 56.2 Å². The lowest BCUT2D eigenvalue weighted by atomic mass is 9.77. The van der Waals surface area contributed by atoms with Crippen molar-refractivity contribution < 1.29 is 8.78 Å². The first kappa shape index (κ1) is 24.4. The van der Waals surface area contributed by atoms with Gasteiger partial charge in [0.25, 0.3) is 0 Å². The lowest BCUT2D eigenvalue weighted by Gasteiger charge is -2.28. The molecule has 0 bridgehead atoms. The van der Waals surface area contributed by atoms with Crippen LogP contribution in [0.1, 0.15) is 80.9 Å². The molecule has 3 aromatic rings. The fourth-order valence-corrected chi connectivity index (χ4v) is 5.40. The minimum atomic E-state index is -0.460. The molecule has 4 rings (SSSR count). The van der Waals surface area contributed by atoms with Crippen molar-refractivity contribution in [2.45, 2.75) is 70.6 Å². The predicted molar refractivity (Wildman–Crippen MR) is 139 cm³/mol. The highest BCUT2D eigenvalue weighted by atomic mass is 19.1. The molecule has 1 atom stereocenters. The van der Waals surface area contributed by atoms with Crippen molar-refractivity contribution in [1.29, 1.82) is 0 Å². The average molecular weight is 459 g/mol. The summed E-state index contributed by atoms with van der Waals surface area (Å²) in [5, 5.41) is 0. The van der Waals surface area contributed by atoms with Crippen LogP contribution >= 0.6 is 0 Å². The van der Waals surface area contributed by atoms with Crippen LogP contribution < -0.4 is 0 Å². The summed E-state index contributed by atoms with van der Waals surface area (Å²) in [5.74, 6) is 0.577. The van der Waals surface area contributed by atoms with Crippen LogP contribution in [-0.2, 0) is 6.42 Å². The monoisotopic (exact) mass is 458 g/mol. The molecule has 0 saturated heterocycles. The number of hydrogen-bond donors (Lipinski definition) is 0. The van der Waals surface area contributed by atoms with Crippen LogP contribution in [0.3, 0.4) is 0 Å². The van der Waals surface area contributed by atoms with E-state index in [9.17, 15) is 8.78 Å². The molecule has 1 fully saturated rings. The molecule has 0 radical (unpaired) electrons. The predicted octanol–water partition coefficient (Wildman–Crippen LogP) is 9.61. The zero-order chi connectivity index (χ0) is 23.9. The molecule has 0 spiro atoms. The van der Waals surface area contributed by atoms with Gasteiger partial charge in [-0.2, -0.15) is 0 Å². The molecule has 0 unspecified atom stereocenters. The van der Waals surface area contributed by atoms with Gasteiger partial charge in [0.2, 0.25) is 0 Å². The zero-order valence-electron chi connectivity index (χ0n) is 20.4. The maximum atomic E-state index is 14.9. The van der Waals surface area contributed by atoms with Gasteiger partial charge in [0.1, 0.15) is 11.6 Å². The lowest BCUT2D eigenvalue weighted by Crippen LogP contribution is -2.13. The Hall–Kier alpha value is -2.74. The number of halogens is 2. The van der Waals surface area contributed by atoms with Crippen LogP contribution in [0, 0.1) is 17.6 Å². The van der Waals surface area contributed by atoms with Gasteiger partial charge >= 0.3 is 0 Å². The van der Waals surface area contributed by atoms with Gasteiger partial charge in [-0.1, -0.05) is 73.7 Å². The average Bonchev–Trinajstić information content (AvgIpc) is 2.87. The molecule has 1 saturated carbocycles. The van der Waals surface area contributed by atoms with Gasteiger partial charge in [0, 0.05) is 5.56 Å². The van der Waals surface area contributed by atoms with Gasteiger partial charge < -0.3 is 0 Å². The van der Waals surface area contributed by atoms with Crippen molar-refractivity contribution in [3.63, 3.8) is 0 Å². The first-order valence-corrected chi connectivity index (χ1v) is 12.8. The highest BCUT2D eigenvalue weighted by Crippen LogP contribution is 2.38. The topological polar surface area (TPSA) is 0 Å². The van der Waals surface area contributed by atoms with E-state index in [4.69, 9.17) is 0 Å². The van der Waals surface area contributed by atoms with Crippen molar-refractivity contribution in [2.24, 2.45) is 5.92 Å². The van der Waals surface area contributed by atoms with Crippen molar-refractivity contribution >= 4 is 0 Å². The van der Waals surface area contributed by atoms with Crippen molar-refractivity contribution in [3.05, 3.63) is 107 Å². The molecule has 0 amide bonds. The van der Waals surface area contributed by atoms with Crippen molar-refractivity contribution in [3.8, 4) is 11.1 Å². The molecule has 0 aromatic heterocycles. The Balaban J connectivity index is 1.41. The second-order valence-corrected chi connectivity index (χ2v) is 9.92. The SMILES string of the molecule is CC=CCCC1CCC(c2ccc(-c3cc(F)c(C[C@@H](C)c4ccccc4)c(F)c3)cc2)CC1. The van der Waals surface area contributed by atoms with Gasteiger partial charge in [-0.05, 0) is 104 Å². The minimum Gasteiger partial charge on any atom is -0.207 e. The Bertz CT molecular complexity index is 1050. The summed E-state index contributed by atoms with van der Waals surface area (Å²) in [6, 6.07) is 21.2. The molecule has 0 N–H and O–H groups in total. The highest BCUT2D eigenvalue weighted by Gasteiger charge is 2.22. The summed E-state index contributed by atoms with van der Waals surface area (Å²) in [4.78, 5) is 0. The molecule has 178 valence electrons. The Morgan fingerprint density at radius 1 is 0.853 bits per heavy atom. The molecule has 0 heterocycles. The molecule has 3 aromatic carbocycles. The molecule has 34 heavy (non-hydrogen) atoms. The van der Waals surface area contributed by atoms with E-state index < -0.39 is 11.6 Å². The van der Waals surface area contributed by atoms with Crippen LogP contribution in [0.4, 0.5) is 8.78 Å². The highest BCUT2D eigenvalue weighted by molar-refractivity contribution is 5.64. The number of hydrogen-bond acceptors (Lipinski definition) is 0. The second-order valence-electron chi connectivity index (χ2n) is 9.92. The van der Waals surface area contributed by atoms with E-state index in [1.807, 2.05) is 49.4 Å². The minimum absolute atomic E-state index is 0.0496. The fraction of sp³-hybridized carbons (Fsp3) is 0.375. The molecule has 1 aliphatic rings. The number of allylic oxidation sites excluding steroid dienone is 2. The second kappa shape index (κ2) is 11.6. The van der Waals surface area contributed by atoms with E-state index in [2.05, 4.69) is 31.2 Å². The molecule has 2 heteroatoms. The third kappa shape index (κ3) is 6.03. The summed E-state index contributed by atoms with van der Waals surface area (Å²) < 4.78 is 29.9. The Kier molecular flexibility index (Phi) is 8.32. The Labute approximate surface area is 203 Å². The number of rotatable bonds is 8. The van der Waals surface area contributed by atoms with Crippen LogP contribution in [0.15, 0.2) is 78.9 Å². The van der Waals surface area contributed by atoms with E-state index in [1.54, 1.807) is 0 Å². The van der Waals surface area contributed by atoms with Crippen molar-refractivity contribution in [2.75, 3.05) is 0 Å². The molecule has 1 aliphatic carbocycles. The van der Waals surface area contributed by atoms with Gasteiger partial charge in [-0.15, -0.1) is 0 Å². The maximum absolute atomic E-state index is 14.9. The fourth-order valence-electron chi connectivity index (χ4n) is 5.40. The van der Waals surface area contributed by atoms with Gasteiger partial charge in [-0.3, -0.25) is 0 Å². The van der Waals surface area contributed by atoms with Gasteiger partial charge in [0.05, 0.1) is 0 Å². The van der Waals surface area contributed by atoms with E-state index in [-0.39, 0.29) is 11.5 Å². The Morgan fingerprint density at radius 3 is 2.12 bits per heavy atom. The first-order valence-electron chi connectivity index (χ1n) is 12.8. The third-order valence-electron chi connectivity index (χ3n) is 7.56. The molecular formula is C32H36F2. The standard InChI is InChI=1S/C32H36F2/c1-3-4-6-9-24-12-14-26(15-13-24)27-16-18-28(19-17-27)29-21-31(33)30(32(34)22-29)20-23(2)25-10-7-5-8-11-25/h3-5,7-8,10-11,16-19,21-24,26H,6,9,12-15,20H2,1-2H3/t23-,24?,26?/m1/s1. The number of benzene rings is 3.